The molecule has 2 aromatic carbocycles. The lowest BCUT2D eigenvalue weighted by atomic mass is 10.2. The SMILES string of the molecule is Clc1ccc(Cl)c(-c2ncc3ccccc3n2)c1. The lowest BCUT2D eigenvalue weighted by Gasteiger charge is -2.04. The first-order chi connectivity index (χ1) is 8.74. The minimum atomic E-state index is 0.584. The van der Waals surface area contributed by atoms with E-state index in [1.54, 1.807) is 24.4 Å². The molecule has 1 heterocycles. The highest BCUT2D eigenvalue weighted by Crippen LogP contribution is 2.28. The number of hydrogen-bond acceptors (Lipinski definition) is 2. The fourth-order valence-electron chi connectivity index (χ4n) is 1.77. The fraction of sp³-hybridized carbons (Fsp3) is 0. The van der Waals surface area contributed by atoms with Crippen molar-refractivity contribution in [2.24, 2.45) is 0 Å². The van der Waals surface area contributed by atoms with Crippen LogP contribution in [0.25, 0.3) is 22.3 Å². The van der Waals surface area contributed by atoms with Crippen molar-refractivity contribution in [3.63, 3.8) is 0 Å². The summed E-state index contributed by atoms with van der Waals surface area (Å²) in [6.07, 6.45) is 1.79. The van der Waals surface area contributed by atoms with Gasteiger partial charge in [0.2, 0.25) is 0 Å². The molecule has 0 aliphatic rings. The van der Waals surface area contributed by atoms with Crippen LogP contribution in [0.15, 0.2) is 48.7 Å². The molecule has 0 saturated heterocycles. The zero-order chi connectivity index (χ0) is 12.5. The Morgan fingerprint density at radius 1 is 0.944 bits per heavy atom. The van der Waals surface area contributed by atoms with Crippen LogP contribution in [0.3, 0.4) is 0 Å². The summed E-state index contributed by atoms with van der Waals surface area (Å²) in [5.74, 6) is 0.584. The van der Waals surface area contributed by atoms with Crippen molar-refractivity contribution in [3.05, 3.63) is 58.7 Å². The smallest absolute Gasteiger partial charge is 0.161 e. The molecule has 1 aromatic heterocycles. The van der Waals surface area contributed by atoms with E-state index in [1.807, 2.05) is 24.3 Å². The van der Waals surface area contributed by atoms with Gasteiger partial charge in [-0.2, -0.15) is 0 Å². The van der Waals surface area contributed by atoms with Gasteiger partial charge < -0.3 is 0 Å². The van der Waals surface area contributed by atoms with Gasteiger partial charge in [-0.1, -0.05) is 41.4 Å². The molecule has 0 atom stereocenters. The van der Waals surface area contributed by atoms with E-state index in [2.05, 4.69) is 9.97 Å². The molecular weight excluding hydrogens is 267 g/mol. The van der Waals surface area contributed by atoms with E-state index >= 15 is 0 Å². The molecule has 4 heteroatoms. The summed E-state index contributed by atoms with van der Waals surface area (Å²) in [4.78, 5) is 8.82. The number of para-hydroxylation sites is 1. The van der Waals surface area contributed by atoms with E-state index in [0.29, 0.717) is 15.9 Å². The first-order valence-electron chi connectivity index (χ1n) is 5.41. The molecule has 2 nitrogen and oxygen atoms in total. The Morgan fingerprint density at radius 3 is 2.67 bits per heavy atom. The normalized spacial score (nSPS) is 10.8. The van der Waals surface area contributed by atoms with Crippen molar-refractivity contribution in [3.8, 4) is 11.4 Å². The van der Waals surface area contributed by atoms with Gasteiger partial charge in [0, 0.05) is 22.2 Å². The highest BCUT2D eigenvalue weighted by molar-refractivity contribution is 6.35. The molecule has 0 fully saturated rings. The average molecular weight is 275 g/mol. The van der Waals surface area contributed by atoms with Crippen LogP contribution in [0, 0.1) is 0 Å². The summed E-state index contributed by atoms with van der Waals surface area (Å²) in [7, 11) is 0. The van der Waals surface area contributed by atoms with Gasteiger partial charge in [0.05, 0.1) is 10.5 Å². The van der Waals surface area contributed by atoms with E-state index in [9.17, 15) is 0 Å². The summed E-state index contributed by atoms with van der Waals surface area (Å²) in [6.45, 7) is 0. The van der Waals surface area contributed by atoms with Gasteiger partial charge >= 0.3 is 0 Å². The predicted molar refractivity (Wildman–Crippen MR) is 75.0 cm³/mol. The number of aromatic nitrogens is 2. The molecule has 0 saturated carbocycles. The molecule has 0 unspecified atom stereocenters. The van der Waals surface area contributed by atoms with Crippen LogP contribution in [0.5, 0.6) is 0 Å². The molecule has 0 bridgehead atoms. The van der Waals surface area contributed by atoms with Gasteiger partial charge in [0.1, 0.15) is 0 Å². The first-order valence-corrected chi connectivity index (χ1v) is 6.17. The third kappa shape index (κ3) is 2.05. The van der Waals surface area contributed by atoms with Crippen LogP contribution < -0.4 is 0 Å². The molecule has 0 radical (unpaired) electrons. The monoisotopic (exact) mass is 274 g/mol. The molecule has 18 heavy (non-hydrogen) atoms. The van der Waals surface area contributed by atoms with Gasteiger partial charge in [-0.3, -0.25) is 0 Å². The van der Waals surface area contributed by atoms with Crippen molar-refractivity contribution in [1.82, 2.24) is 9.97 Å². The van der Waals surface area contributed by atoms with Crippen molar-refractivity contribution < 1.29 is 0 Å². The van der Waals surface area contributed by atoms with Gasteiger partial charge in [-0.15, -0.1) is 0 Å². The molecular formula is C14H8Cl2N2. The zero-order valence-electron chi connectivity index (χ0n) is 9.27. The van der Waals surface area contributed by atoms with E-state index in [-0.39, 0.29) is 0 Å². The van der Waals surface area contributed by atoms with Crippen LogP contribution in [0.4, 0.5) is 0 Å². The van der Waals surface area contributed by atoms with Crippen LogP contribution in [-0.2, 0) is 0 Å². The molecule has 0 N–H and O–H groups in total. The number of fused-ring (bicyclic) bond motifs is 1. The number of halogens is 2. The predicted octanol–water partition coefficient (Wildman–Crippen LogP) is 4.60. The van der Waals surface area contributed by atoms with Gasteiger partial charge in [-0.05, 0) is 24.3 Å². The van der Waals surface area contributed by atoms with Gasteiger partial charge in [-0.25, -0.2) is 9.97 Å². The maximum Gasteiger partial charge on any atom is 0.161 e. The van der Waals surface area contributed by atoms with Gasteiger partial charge in [0.25, 0.3) is 0 Å². The maximum atomic E-state index is 6.14. The summed E-state index contributed by atoms with van der Waals surface area (Å²) >= 11 is 12.1. The lowest BCUT2D eigenvalue weighted by Crippen LogP contribution is -1.90. The Kier molecular flexibility index (Phi) is 2.90. The topological polar surface area (TPSA) is 25.8 Å². The summed E-state index contributed by atoms with van der Waals surface area (Å²) in [5, 5.41) is 2.21. The Bertz CT molecular complexity index is 726. The summed E-state index contributed by atoms with van der Waals surface area (Å²) in [6, 6.07) is 13.1. The van der Waals surface area contributed by atoms with Crippen molar-refractivity contribution in [1.29, 1.82) is 0 Å². The maximum absolute atomic E-state index is 6.14. The molecule has 3 aromatic rings. The second-order valence-corrected chi connectivity index (χ2v) is 4.72. The first kappa shape index (κ1) is 11.5. The summed E-state index contributed by atoms with van der Waals surface area (Å²) < 4.78 is 0. The van der Waals surface area contributed by atoms with Gasteiger partial charge in [0.15, 0.2) is 5.82 Å². The Hall–Kier alpha value is -1.64. The Morgan fingerprint density at radius 2 is 1.78 bits per heavy atom. The van der Waals surface area contributed by atoms with Crippen LogP contribution in [-0.4, -0.2) is 9.97 Å². The third-order valence-corrected chi connectivity index (χ3v) is 3.22. The molecule has 0 spiro atoms. The molecule has 88 valence electrons. The molecule has 3 rings (SSSR count). The minimum absolute atomic E-state index is 0.584. The van der Waals surface area contributed by atoms with E-state index < -0.39 is 0 Å². The Balaban J connectivity index is 2.22. The molecule has 0 aliphatic heterocycles. The molecule has 0 aliphatic carbocycles. The third-order valence-electron chi connectivity index (χ3n) is 2.66. The van der Waals surface area contributed by atoms with Crippen molar-refractivity contribution >= 4 is 34.1 Å². The second kappa shape index (κ2) is 4.56. The highest BCUT2D eigenvalue weighted by atomic mass is 35.5. The minimum Gasteiger partial charge on any atom is -0.236 e. The number of hydrogen-bond donors (Lipinski definition) is 0. The summed E-state index contributed by atoms with van der Waals surface area (Å²) in [5.41, 5.74) is 1.63. The van der Waals surface area contributed by atoms with Crippen molar-refractivity contribution in [2.45, 2.75) is 0 Å². The number of benzene rings is 2. The lowest BCUT2D eigenvalue weighted by molar-refractivity contribution is 1.23. The standard InChI is InChI=1S/C14H8Cl2N2/c15-10-5-6-12(16)11(7-10)14-17-8-9-3-1-2-4-13(9)18-14/h1-8H. The quantitative estimate of drug-likeness (QED) is 0.648. The van der Waals surface area contributed by atoms with E-state index in [4.69, 9.17) is 23.2 Å². The van der Waals surface area contributed by atoms with Crippen LogP contribution in [0.2, 0.25) is 10.0 Å². The largest absolute Gasteiger partial charge is 0.236 e. The Labute approximate surface area is 114 Å². The zero-order valence-corrected chi connectivity index (χ0v) is 10.8. The van der Waals surface area contributed by atoms with Crippen LogP contribution in [0.1, 0.15) is 0 Å². The average Bonchev–Trinajstić information content (AvgIpc) is 2.41. The van der Waals surface area contributed by atoms with E-state index in [1.165, 1.54) is 0 Å². The highest BCUT2D eigenvalue weighted by Gasteiger charge is 2.08. The number of nitrogens with zero attached hydrogens (tertiary/aromatic N) is 2. The molecule has 0 amide bonds. The van der Waals surface area contributed by atoms with E-state index in [0.717, 1.165) is 16.5 Å². The fourth-order valence-corrected chi connectivity index (χ4v) is 2.14. The van der Waals surface area contributed by atoms with Crippen LogP contribution >= 0.6 is 23.2 Å². The van der Waals surface area contributed by atoms with Crippen molar-refractivity contribution in [2.75, 3.05) is 0 Å². The second-order valence-electron chi connectivity index (χ2n) is 3.88. The number of rotatable bonds is 1.